The van der Waals surface area contributed by atoms with E-state index in [1.165, 1.54) is 19.2 Å². The number of halogens is 2. The molecule has 0 heterocycles. The van der Waals surface area contributed by atoms with E-state index in [9.17, 15) is 8.78 Å². The highest BCUT2D eigenvalue weighted by Crippen LogP contribution is 2.30. The molecule has 0 aliphatic rings. The molecule has 0 aliphatic heterocycles. The average molecular weight is 251 g/mol. The number of alkyl halides is 2. The molecule has 0 aromatic heterocycles. The number of fused-ring (bicyclic) bond motifs is 1. The van der Waals surface area contributed by atoms with Crippen LogP contribution in [0.3, 0.4) is 0 Å². The molecule has 4 heteroatoms. The topological polar surface area (TPSA) is 21.3 Å². The number of nitrogens with one attached hydrogen (secondary N) is 1. The summed E-state index contributed by atoms with van der Waals surface area (Å²) in [4.78, 5) is 0. The van der Waals surface area contributed by atoms with Crippen molar-refractivity contribution in [2.45, 2.75) is 5.92 Å². The molecule has 2 aromatic carbocycles. The summed E-state index contributed by atoms with van der Waals surface area (Å²) in [7, 11) is 3.09. The van der Waals surface area contributed by atoms with Gasteiger partial charge < -0.3 is 10.1 Å². The van der Waals surface area contributed by atoms with Crippen molar-refractivity contribution in [2.75, 3.05) is 20.7 Å². The molecule has 0 spiro atoms. The standard InChI is InChI=1S/C14H15F2NO/c1-17-9-14(15,16)12-5-3-11-8-13(18-2)6-4-10(11)7-12/h3-8,17H,9H2,1-2H3. The maximum absolute atomic E-state index is 13.7. The van der Waals surface area contributed by atoms with Crippen LogP contribution < -0.4 is 10.1 Å². The molecule has 2 aromatic rings. The number of hydrogen-bond acceptors (Lipinski definition) is 2. The molecule has 2 rings (SSSR count). The largest absolute Gasteiger partial charge is 0.497 e. The zero-order valence-corrected chi connectivity index (χ0v) is 10.3. The van der Waals surface area contributed by atoms with Gasteiger partial charge >= 0.3 is 0 Å². The van der Waals surface area contributed by atoms with Gasteiger partial charge in [-0.3, -0.25) is 0 Å². The lowest BCUT2D eigenvalue weighted by atomic mass is 10.0. The summed E-state index contributed by atoms with van der Waals surface area (Å²) in [6.07, 6.45) is 0. The molecule has 18 heavy (non-hydrogen) atoms. The smallest absolute Gasteiger partial charge is 0.285 e. The van der Waals surface area contributed by atoms with Gasteiger partial charge in [-0.25, -0.2) is 0 Å². The van der Waals surface area contributed by atoms with Crippen LogP contribution in [0.5, 0.6) is 5.75 Å². The van der Waals surface area contributed by atoms with Gasteiger partial charge in [-0.1, -0.05) is 18.2 Å². The van der Waals surface area contributed by atoms with Crippen molar-refractivity contribution in [3.05, 3.63) is 42.0 Å². The van der Waals surface area contributed by atoms with Crippen molar-refractivity contribution < 1.29 is 13.5 Å². The minimum atomic E-state index is -2.86. The molecule has 2 nitrogen and oxygen atoms in total. The second-order valence-corrected chi connectivity index (χ2v) is 4.16. The highest BCUT2D eigenvalue weighted by molar-refractivity contribution is 5.84. The number of ether oxygens (including phenoxy) is 1. The first-order valence-corrected chi connectivity index (χ1v) is 5.67. The fraction of sp³-hybridized carbons (Fsp3) is 0.286. The quantitative estimate of drug-likeness (QED) is 0.901. The van der Waals surface area contributed by atoms with E-state index in [2.05, 4.69) is 5.32 Å². The lowest BCUT2D eigenvalue weighted by Crippen LogP contribution is -2.27. The van der Waals surface area contributed by atoms with Crippen LogP contribution in [-0.4, -0.2) is 20.7 Å². The Morgan fingerprint density at radius 3 is 2.44 bits per heavy atom. The van der Waals surface area contributed by atoms with E-state index in [0.717, 1.165) is 16.5 Å². The normalized spacial score (nSPS) is 11.8. The Bertz CT molecular complexity index is 554. The molecule has 0 saturated heterocycles. The van der Waals surface area contributed by atoms with E-state index in [-0.39, 0.29) is 12.1 Å². The number of methoxy groups -OCH3 is 1. The van der Waals surface area contributed by atoms with Gasteiger partial charge in [0.1, 0.15) is 5.75 Å². The summed E-state index contributed by atoms with van der Waals surface area (Å²) in [6, 6.07) is 10.0. The first-order valence-electron chi connectivity index (χ1n) is 5.67. The third-order valence-corrected chi connectivity index (χ3v) is 2.87. The lowest BCUT2D eigenvalue weighted by Gasteiger charge is -2.16. The van der Waals surface area contributed by atoms with Crippen LogP contribution in [-0.2, 0) is 5.92 Å². The summed E-state index contributed by atoms with van der Waals surface area (Å²) in [6.45, 7) is -0.366. The zero-order chi connectivity index (χ0) is 13.2. The Morgan fingerprint density at radius 2 is 1.78 bits per heavy atom. The predicted molar refractivity (Wildman–Crippen MR) is 68.3 cm³/mol. The highest BCUT2D eigenvalue weighted by atomic mass is 19.3. The van der Waals surface area contributed by atoms with Crippen molar-refractivity contribution in [1.29, 1.82) is 0 Å². The molecule has 96 valence electrons. The first-order chi connectivity index (χ1) is 8.56. The summed E-state index contributed by atoms with van der Waals surface area (Å²) >= 11 is 0. The Balaban J connectivity index is 2.45. The van der Waals surface area contributed by atoms with E-state index < -0.39 is 5.92 Å². The Hall–Kier alpha value is -1.68. The van der Waals surface area contributed by atoms with E-state index in [1.807, 2.05) is 6.07 Å². The van der Waals surface area contributed by atoms with Crippen molar-refractivity contribution in [2.24, 2.45) is 0 Å². The number of benzene rings is 2. The van der Waals surface area contributed by atoms with Crippen LogP contribution in [0.4, 0.5) is 8.78 Å². The molecule has 0 unspecified atom stereocenters. The molecule has 0 saturated carbocycles. The van der Waals surface area contributed by atoms with E-state index in [4.69, 9.17) is 4.74 Å². The first kappa shape index (κ1) is 12.8. The minimum Gasteiger partial charge on any atom is -0.497 e. The molecule has 0 atom stereocenters. The minimum absolute atomic E-state index is 0.0227. The molecular weight excluding hydrogens is 236 g/mol. The van der Waals surface area contributed by atoms with E-state index in [1.54, 1.807) is 25.3 Å². The van der Waals surface area contributed by atoms with Crippen LogP contribution in [0.25, 0.3) is 10.8 Å². The maximum atomic E-state index is 13.7. The van der Waals surface area contributed by atoms with Crippen LogP contribution in [0.2, 0.25) is 0 Å². The van der Waals surface area contributed by atoms with Gasteiger partial charge in [-0.2, -0.15) is 8.78 Å². The molecule has 0 amide bonds. The van der Waals surface area contributed by atoms with Gasteiger partial charge in [-0.05, 0) is 36.0 Å². The van der Waals surface area contributed by atoms with Crippen molar-refractivity contribution >= 4 is 10.8 Å². The second-order valence-electron chi connectivity index (χ2n) is 4.16. The van der Waals surface area contributed by atoms with E-state index in [0.29, 0.717) is 0 Å². The van der Waals surface area contributed by atoms with Crippen molar-refractivity contribution in [3.8, 4) is 5.75 Å². The van der Waals surface area contributed by atoms with Gasteiger partial charge in [-0.15, -0.1) is 0 Å². The summed E-state index contributed by atoms with van der Waals surface area (Å²) < 4.78 is 32.6. The monoisotopic (exact) mass is 251 g/mol. The van der Waals surface area contributed by atoms with Crippen LogP contribution in [0.15, 0.2) is 36.4 Å². The Labute approximate surface area is 105 Å². The fourth-order valence-electron chi connectivity index (χ4n) is 1.90. The maximum Gasteiger partial charge on any atom is 0.285 e. The Kier molecular flexibility index (Phi) is 3.48. The third kappa shape index (κ3) is 2.43. The molecule has 0 bridgehead atoms. The van der Waals surface area contributed by atoms with Crippen LogP contribution in [0.1, 0.15) is 5.56 Å². The van der Waals surface area contributed by atoms with E-state index >= 15 is 0 Å². The lowest BCUT2D eigenvalue weighted by molar-refractivity contribution is -0.00112. The predicted octanol–water partition coefficient (Wildman–Crippen LogP) is 3.16. The molecule has 0 radical (unpaired) electrons. The summed E-state index contributed by atoms with van der Waals surface area (Å²) in [5.41, 5.74) is 0.0227. The number of hydrogen-bond donors (Lipinski definition) is 1. The van der Waals surface area contributed by atoms with Crippen LogP contribution in [0, 0.1) is 0 Å². The Morgan fingerprint density at radius 1 is 1.11 bits per heavy atom. The molecule has 0 aliphatic carbocycles. The zero-order valence-electron chi connectivity index (χ0n) is 10.3. The second kappa shape index (κ2) is 4.90. The summed E-state index contributed by atoms with van der Waals surface area (Å²) in [5.74, 6) is -2.14. The van der Waals surface area contributed by atoms with Crippen LogP contribution >= 0.6 is 0 Å². The van der Waals surface area contributed by atoms with Gasteiger partial charge in [0, 0.05) is 5.56 Å². The molecule has 0 fully saturated rings. The van der Waals surface area contributed by atoms with Gasteiger partial charge in [0.05, 0.1) is 13.7 Å². The third-order valence-electron chi connectivity index (χ3n) is 2.87. The van der Waals surface area contributed by atoms with Gasteiger partial charge in [0.15, 0.2) is 0 Å². The molecular formula is C14H15F2NO. The average Bonchev–Trinajstić information content (AvgIpc) is 2.37. The fourth-order valence-corrected chi connectivity index (χ4v) is 1.90. The van der Waals surface area contributed by atoms with Gasteiger partial charge in [0.2, 0.25) is 0 Å². The number of rotatable bonds is 4. The van der Waals surface area contributed by atoms with Crippen molar-refractivity contribution in [1.82, 2.24) is 5.32 Å². The van der Waals surface area contributed by atoms with Gasteiger partial charge in [0.25, 0.3) is 5.92 Å². The van der Waals surface area contributed by atoms with Crippen molar-refractivity contribution in [3.63, 3.8) is 0 Å². The SMILES string of the molecule is CNCC(F)(F)c1ccc2cc(OC)ccc2c1. The molecule has 1 N–H and O–H groups in total. The number of likely N-dealkylation sites (N-methyl/N-ethyl adjacent to an activating group) is 1. The highest BCUT2D eigenvalue weighted by Gasteiger charge is 2.30. The summed E-state index contributed by atoms with van der Waals surface area (Å²) in [5, 5.41) is 4.17.